The molecule has 0 saturated heterocycles. The Bertz CT molecular complexity index is 1260. The smallest absolute Gasteiger partial charge is 0.307 e. The molecule has 8 nitrogen and oxygen atoms in total. The maximum atomic E-state index is 11.4. The fourth-order valence-corrected chi connectivity index (χ4v) is 4.07. The highest BCUT2D eigenvalue weighted by atomic mass is 32.1. The van der Waals surface area contributed by atoms with Gasteiger partial charge in [-0.25, -0.2) is 4.98 Å². The number of aryl methyl sites for hydroxylation is 1. The van der Waals surface area contributed by atoms with E-state index in [-0.39, 0.29) is 10.8 Å². The van der Waals surface area contributed by atoms with Gasteiger partial charge in [0.25, 0.3) is 0 Å². The van der Waals surface area contributed by atoms with Crippen molar-refractivity contribution in [1.82, 2.24) is 15.0 Å². The number of nitrogens with zero attached hydrogens (tertiary/aromatic N) is 2. The van der Waals surface area contributed by atoms with Gasteiger partial charge < -0.3 is 19.3 Å². The van der Waals surface area contributed by atoms with Crippen molar-refractivity contribution < 1.29 is 19.3 Å². The molecule has 0 fully saturated rings. The molecule has 2 aromatic carbocycles. The first-order valence-corrected chi connectivity index (χ1v) is 11.8. The molecule has 0 atom stereocenters. The van der Waals surface area contributed by atoms with E-state index < -0.39 is 0 Å². The van der Waals surface area contributed by atoms with Crippen LogP contribution in [0.5, 0.6) is 29.0 Å². The van der Waals surface area contributed by atoms with Crippen LogP contribution in [0.4, 0.5) is 0 Å². The summed E-state index contributed by atoms with van der Waals surface area (Å²) in [4.78, 5) is 22.1. The average molecular weight is 480 g/mol. The number of nitrogens with one attached hydrogen (secondary N) is 1. The zero-order chi connectivity index (χ0) is 23.8. The van der Waals surface area contributed by atoms with Crippen LogP contribution in [0.25, 0.3) is 10.4 Å². The van der Waals surface area contributed by atoms with E-state index in [1.54, 1.807) is 18.6 Å². The molecular weight excluding hydrogens is 454 g/mol. The minimum absolute atomic E-state index is 0.114. The Hall–Kier alpha value is -3.85. The quantitative estimate of drug-likeness (QED) is 0.285. The molecule has 2 aromatic heterocycles. The number of aromatic nitrogens is 3. The number of hydrogen-bond acceptors (Lipinski definition) is 8. The second-order valence-electron chi connectivity index (χ2n) is 7.43. The highest BCUT2D eigenvalue weighted by Gasteiger charge is 2.10. The first-order chi connectivity index (χ1) is 16.6. The molecule has 2 N–H and O–H groups in total. The Morgan fingerprint density at radius 3 is 2.53 bits per heavy atom. The van der Waals surface area contributed by atoms with Crippen molar-refractivity contribution >= 4 is 11.3 Å². The van der Waals surface area contributed by atoms with Crippen LogP contribution in [0.1, 0.15) is 25.3 Å². The predicted molar refractivity (Wildman–Crippen MR) is 130 cm³/mol. The van der Waals surface area contributed by atoms with Gasteiger partial charge in [-0.1, -0.05) is 24.7 Å². The summed E-state index contributed by atoms with van der Waals surface area (Å²) in [6, 6.07) is 13.0. The Kier molecular flexibility index (Phi) is 7.77. The standard InChI is InChI=1S/C25H25N3O5S/c1-2-4-18-15-20(33-22-16-26-11-12-27-22)9-10-21(18)32-14-3-13-31-19-7-5-17(6-8-19)23-24(29)28-25(30)34-23/h5-12,15-16,29H,2-4,13-14H2,1H3,(H,28,30). The molecule has 0 aliphatic rings. The van der Waals surface area contributed by atoms with E-state index in [2.05, 4.69) is 21.9 Å². The molecule has 4 aromatic rings. The molecule has 0 amide bonds. The third-order valence-corrected chi connectivity index (χ3v) is 5.80. The molecule has 34 heavy (non-hydrogen) atoms. The van der Waals surface area contributed by atoms with Gasteiger partial charge in [0, 0.05) is 18.8 Å². The van der Waals surface area contributed by atoms with Gasteiger partial charge in [-0.05, 0) is 60.0 Å². The molecule has 9 heteroatoms. The summed E-state index contributed by atoms with van der Waals surface area (Å²) < 4.78 is 17.6. The number of aromatic hydroxyl groups is 1. The Balaban J connectivity index is 1.27. The number of thiazole rings is 1. The van der Waals surface area contributed by atoms with Crippen LogP contribution in [0.2, 0.25) is 0 Å². The summed E-state index contributed by atoms with van der Waals surface area (Å²) in [6.45, 7) is 3.14. The van der Waals surface area contributed by atoms with E-state index in [1.807, 2.05) is 42.5 Å². The summed E-state index contributed by atoms with van der Waals surface area (Å²) >= 11 is 0.969. The number of H-pyrrole nitrogens is 1. The predicted octanol–water partition coefficient (Wildman–Crippen LogP) is 5.19. The van der Waals surface area contributed by atoms with E-state index in [4.69, 9.17) is 14.2 Å². The fraction of sp³-hybridized carbons (Fsp3) is 0.240. The molecule has 0 bridgehead atoms. The van der Waals surface area contributed by atoms with Crippen molar-refractivity contribution in [3.8, 4) is 39.4 Å². The molecular formula is C25H25N3O5S. The van der Waals surface area contributed by atoms with Crippen LogP contribution in [-0.4, -0.2) is 33.3 Å². The van der Waals surface area contributed by atoms with Crippen molar-refractivity contribution in [3.05, 3.63) is 76.3 Å². The number of hydrogen-bond donors (Lipinski definition) is 2. The summed E-state index contributed by atoms with van der Waals surface area (Å²) in [5, 5.41) is 9.78. The van der Waals surface area contributed by atoms with Gasteiger partial charge in [-0.2, -0.15) is 0 Å². The number of rotatable bonds is 11. The number of aromatic amines is 1. The Morgan fingerprint density at radius 2 is 1.82 bits per heavy atom. The van der Waals surface area contributed by atoms with E-state index in [9.17, 15) is 9.90 Å². The monoisotopic (exact) mass is 479 g/mol. The topological polar surface area (TPSA) is 107 Å². The number of ether oxygens (including phenoxy) is 3. The lowest BCUT2D eigenvalue weighted by Crippen LogP contribution is -2.06. The van der Waals surface area contributed by atoms with Crippen LogP contribution in [0.3, 0.4) is 0 Å². The van der Waals surface area contributed by atoms with Crippen molar-refractivity contribution in [2.75, 3.05) is 13.2 Å². The van der Waals surface area contributed by atoms with Gasteiger partial charge in [-0.15, -0.1) is 0 Å². The van der Waals surface area contributed by atoms with Crippen LogP contribution in [-0.2, 0) is 6.42 Å². The van der Waals surface area contributed by atoms with Gasteiger partial charge in [0.05, 0.1) is 24.3 Å². The van der Waals surface area contributed by atoms with E-state index in [0.29, 0.717) is 41.9 Å². The SMILES string of the molecule is CCCc1cc(Oc2cnccn2)ccc1OCCCOc1ccc(-c2sc(=O)[nH]c2O)cc1. The van der Waals surface area contributed by atoms with Crippen molar-refractivity contribution in [2.45, 2.75) is 26.2 Å². The molecule has 0 aliphatic heterocycles. The average Bonchev–Trinajstić information content (AvgIpc) is 3.19. The molecule has 0 spiro atoms. The van der Waals surface area contributed by atoms with Gasteiger partial charge in [0.15, 0.2) is 0 Å². The highest BCUT2D eigenvalue weighted by molar-refractivity contribution is 7.13. The third-order valence-electron chi connectivity index (χ3n) is 4.87. The normalized spacial score (nSPS) is 10.7. The Morgan fingerprint density at radius 1 is 1.03 bits per heavy atom. The van der Waals surface area contributed by atoms with Crippen molar-refractivity contribution in [1.29, 1.82) is 0 Å². The van der Waals surface area contributed by atoms with E-state index in [1.165, 1.54) is 0 Å². The molecule has 4 rings (SSSR count). The van der Waals surface area contributed by atoms with Crippen LogP contribution >= 0.6 is 11.3 Å². The lowest BCUT2D eigenvalue weighted by molar-refractivity contribution is 0.246. The summed E-state index contributed by atoms with van der Waals surface area (Å²) in [5.41, 5.74) is 1.84. The van der Waals surface area contributed by atoms with Crippen LogP contribution in [0, 0.1) is 0 Å². The van der Waals surface area contributed by atoms with E-state index in [0.717, 1.165) is 41.1 Å². The largest absolute Gasteiger partial charge is 0.493 e. The summed E-state index contributed by atoms with van der Waals surface area (Å²) in [6.07, 6.45) is 7.34. The summed E-state index contributed by atoms with van der Waals surface area (Å²) in [5.74, 6) is 2.58. The van der Waals surface area contributed by atoms with Gasteiger partial charge in [-0.3, -0.25) is 14.8 Å². The molecule has 176 valence electrons. The minimum Gasteiger partial charge on any atom is -0.493 e. The lowest BCUT2D eigenvalue weighted by atomic mass is 10.1. The van der Waals surface area contributed by atoms with Crippen LogP contribution < -0.4 is 19.1 Å². The first kappa shape index (κ1) is 23.3. The first-order valence-electron chi connectivity index (χ1n) is 11.0. The zero-order valence-electron chi connectivity index (χ0n) is 18.7. The van der Waals surface area contributed by atoms with Crippen molar-refractivity contribution in [3.63, 3.8) is 0 Å². The molecule has 0 unspecified atom stereocenters. The maximum Gasteiger partial charge on any atom is 0.307 e. The fourth-order valence-electron chi connectivity index (χ4n) is 3.33. The van der Waals surface area contributed by atoms with Crippen molar-refractivity contribution in [2.24, 2.45) is 0 Å². The van der Waals surface area contributed by atoms with Gasteiger partial charge >= 0.3 is 4.87 Å². The maximum absolute atomic E-state index is 11.4. The Labute approximate surface area is 200 Å². The molecule has 0 radical (unpaired) electrons. The molecule has 0 saturated carbocycles. The van der Waals surface area contributed by atoms with E-state index >= 15 is 0 Å². The lowest BCUT2D eigenvalue weighted by Gasteiger charge is -2.13. The molecule has 2 heterocycles. The second kappa shape index (κ2) is 11.3. The zero-order valence-corrected chi connectivity index (χ0v) is 19.5. The third kappa shape index (κ3) is 6.14. The second-order valence-corrected chi connectivity index (χ2v) is 8.42. The highest BCUT2D eigenvalue weighted by Crippen LogP contribution is 2.31. The minimum atomic E-state index is -0.289. The summed E-state index contributed by atoms with van der Waals surface area (Å²) in [7, 11) is 0. The van der Waals surface area contributed by atoms with Gasteiger partial charge in [0.2, 0.25) is 11.8 Å². The van der Waals surface area contributed by atoms with Crippen LogP contribution in [0.15, 0.2) is 65.8 Å². The van der Waals surface area contributed by atoms with Gasteiger partial charge in [0.1, 0.15) is 17.2 Å². The molecule has 0 aliphatic carbocycles. The number of benzene rings is 2.